The van der Waals surface area contributed by atoms with Gasteiger partial charge in [0.15, 0.2) is 0 Å². The summed E-state index contributed by atoms with van der Waals surface area (Å²) in [5, 5.41) is 4.40. The molecular formula is C23H22S14. The molecule has 14 heteroatoms. The van der Waals surface area contributed by atoms with Gasteiger partial charge in [0.2, 0.25) is 0 Å². The van der Waals surface area contributed by atoms with E-state index in [1.165, 1.54) is 77.5 Å². The van der Waals surface area contributed by atoms with Crippen molar-refractivity contribution in [2.45, 2.75) is 32.1 Å². The Morgan fingerprint density at radius 3 is 1.49 bits per heavy atom. The van der Waals surface area contributed by atoms with Crippen LogP contribution < -0.4 is 0 Å². The van der Waals surface area contributed by atoms with E-state index in [9.17, 15) is 0 Å². The van der Waals surface area contributed by atoms with E-state index >= 15 is 0 Å². The van der Waals surface area contributed by atoms with E-state index in [0.717, 1.165) is 0 Å². The maximum atomic E-state index is 2.24. The molecule has 1 fully saturated rings. The molecule has 0 aromatic rings. The van der Waals surface area contributed by atoms with E-state index in [1.807, 2.05) is 118 Å². The van der Waals surface area contributed by atoms with Crippen LogP contribution in [-0.2, 0) is 0 Å². The van der Waals surface area contributed by atoms with Gasteiger partial charge in [0, 0.05) is 0 Å². The fraction of sp³-hybridized carbons (Fsp3) is 0.391. The molecule has 0 amide bonds. The van der Waals surface area contributed by atoms with Crippen LogP contribution in [0, 0.1) is 0 Å². The molecular weight excluding hydrogens is 725 g/mol. The quantitative estimate of drug-likeness (QED) is 0.216. The zero-order chi connectivity index (χ0) is 25.2. The molecule has 198 valence electrons. The summed E-state index contributed by atoms with van der Waals surface area (Å²) < 4.78 is 16.7. The molecule has 1 aliphatic carbocycles. The van der Waals surface area contributed by atoms with Crippen molar-refractivity contribution in [3.05, 3.63) is 63.0 Å². The van der Waals surface area contributed by atoms with Crippen LogP contribution >= 0.6 is 165 Å². The van der Waals surface area contributed by atoms with E-state index in [0.29, 0.717) is 0 Å². The standard InChI is InChI=1S/C23H22S14/c1-24-14-17(34-19(32-14)16-28-10-11-29-16)26-8-5-9-27-18-15(25-2)33-22(35-18)23-36-20-21(37-23)31-13(30-20)12-6-3-4-7-12/h10-11H,3-9H2,1-2H3. The molecule has 0 aromatic heterocycles. The summed E-state index contributed by atoms with van der Waals surface area (Å²) in [5.74, 6) is 2.40. The second-order valence-electron chi connectivity index (χ2n) is 7.76. The second-order valence-corrected chi connectivity index (χ2v) is 24.4. The minimum atomic E-state index is 1.20. The highest BCUT2D eigenvalue weighted by Gasteiger charge is 2.35. The molecule has 0 saturated heterocycles. The Kier molecular flexibility index (Phi) is 12.0. The molecule has 1 saturated carbocycles. The first kappa shape index (κ1) is 30.1. The predicted octanol–water partition coefficient (Wildman–Crippen LogP) is 13.9. The van der Waals surface area contributed by atoms with Crippen LogP contribution in [-0.4, -0.2) is 24.0 Å². The van der Waals surface area contributed by atoms with Crippen LogP contribution in [0.25, 0.3) is 0 Å². The summed E-state index contributed by atoms with van der Waals surface area (Å²) in [7, 11) is 0. The lowest BCUT2D eigenvalue weighted by Gasteiger charge is -2.07. The zero-order valence-corrected chi connectivity index (χ0v) is 31.3. The first-order valence-electron chi connectivity index (χ1n) is 11.4. The maximum absolute atomic E-state index is 2.24. The maximum Gasteiger partial charge on any atom is 0.0718 e. The summed E-state index contributed by atoms with van der Waals surface area (Å²) in [5.41, 5.74) is 1.72. The number of allylic oxidation sites excluding steroid dienone is 1. The van der Waals surface area contributed by atoms with Gasteiger partial charge in [0.05, 0.1) is 46.6 Å². The molecule has 0 aromatic carbocycles. The van der Waals surface area contributed by atoms with Gasteiger partial charge >= 0.3 is 0 Å². The van der Waals surface area contributed by atoms with Crippen molar-refractivity contribution in [1.29, 1.82) is 0 Å². The Labute approximate surface area is 280 Å². The van der Waals surface area contributed by atoms with Crippen molar-refractivity contribution < 1.29 is 0 Å². The molecule has 0 spiro atoms. The lowest BCUT2D eigenvalue weighted by Crippen LogP contribution is -1.84. The molecule has 0 unspecified atom stereocenters. The number of thioether (sulfide) groups is 14. The van der Waals surface area contributed by atoms with Gasteiger partial charge in [-0.3, -0.25) is 0 Å². The lowest BCUT2D eigenvalue weighted by molar-refractivity contribution is 0.886. The lowest BCUT2D eigenvalue weighted by atomic mass is 10.3. The topological polar surface area (TPSA) is 0 Å². The Morgan fingerprint density at radius 1 is 0.541 bits per heavy atom. The summed E-state index contributed by atoms with van der Waals surface area (Å²) in [4.78, 5) is 0. The first-order valence-corrected chi connectivity index (χ1v) is 24.1. The van der Waals surface area contributed by atoms with Gasteiger partial charge in [-0.25, -0.2) is 0 Å². The Morgan fingerprint density at radius 2 is 0.973 bits per heavy atom. The molecule has 0 nitrogen and oxygen atoms in total. The van der Waals surface area contributed by atoms with Gasteiger partial charge in [-0.1, -0.05) is 118 Å². The van der Waals surface area contributed by atoms with Crippen LogP contribution in [0.2, 0.25) is 0 Å². The fourth-order valence-corrected chi connectivity index (χ4v) is 23.7. The van der Waals surface area contributed by atoms with Crippen LogP contribution in [0.3, 0.4) is 0 Å². The molecule has 37 heavy (non-hydrogen) atoms. The summed E-state index contributed by atoms with van der Waals surface area (Å²) in [6.45, 7) is 0. The second kappa shape index (κ2) is 14.7. The predicted molar refractivity (Wildman–Crippen MR) is 202 cm³/mol. The van der Waals surface area contributed by atoms with E-state index in [-0.39, 0.29) is 0 Å². The van der Waals surface area contributed by atoms with Crippen LogP contribution in [0.15, 0.2) is 63.0 Å². The Hall–Kier alpha value is 3.08. The van der Waals surface area contributed by atoms with Gasteiger partial charge in [-0.2, -0.15) is 0 Å². The molecule has 5 heterocycles. The third-order valence-electron chi connectivity index (χ3n) is 5.34. The van der Waals surface area contributed by atoms with Gasteiger partial charge in [0.1, 0.15) is 0 Å². The number of hydrogen-bond acceptors (Lipinski definition) is 14. The largest absolute Gasteiger partial charge is 0.121 e. The van der Waals surface area contributed by atoms with Crippen molar-refractivity contribution in [1.82, 2.24) is 0 Å². The molecule has 0 atom stereocenters. The molecule has 5 aliphatic heterocycles. The van der Waals surface area contributed by atoms with Crippen molar-refractivity contribution in [2.75, 3.05) is 24.0 Å². The highest BCUT2D eigenvalue weighted by Crippen LogP contribution is 2.71. The molecule has 0 bridgehead atoms. The van der Waals surface area contributed by atoms with Crippen LogP contribution in [0.4, 0.5) is 0 Å². The normalized spacial score (nSPS) is 24.1. The average Bonchev–Trinajstić information content (AvgIpc) is 3.74. The van der Waals surface area contributed by atoms with Crippen LogP contribution in [0.5, 0.6) is 0 Å². The SMILES string of the molecule is CSC1=C(SCCCSC2=C(SC)SC(=C3SC4=C(SC(=C5CCCC5)S4)S3)S2)SC(=C2SC=CS2)S1. The van der Waals surface area contributed by atoms with Crippen molar-refractivity contribution in [3.8, 4) is 0 Å². The third kappa shape index (κ3) is 7.42. The molecule has 0 N–H and O–H groups in total. The van der Waals surface area contributed by atoms with Crippen molar-refractivity contribution >= 4 is 165 Å². The van der Waals surface area contributed by atoms with Gasteiger partial charge < -0.3 is 0 Å². The highest BCUT2D eigenvalue weighted by atomic mass is 32.3. The summed E-state index contributed by atoms with van der Waals surface area (Å²) in [6.07, 6.45) is 11.1. The van der Waals surface area contributed by atoms with E-state index < -0.39 is 0 Å². The Balaban J connectivity index is 0.969. The first-order chi connectivity index (χ1) is 18.2. The van der Waals surface area contributed by atoms with Crippen LogP contribution in [0.1, 0.15) is 32.1 Å². The summed E-state index contributed by atoms with van der Waals surface area (Å²) >= 11 is 27.9. The molecule has 0 radical (unpaired) electrons. The third-order valence-corrected chi connectivity index (χ3v) is 25.2. The average molecular weight is 747 g/mol. The number of rotatable bonds is 8. The van der Waals surface area contributed by atoms with E-state index in [4.69, 9.17) is 0 Å². The van der Waals surface area contributed by atoms with Crippen molar-refractivity contribution in [3.63, 3.8) is 0 Å². The number of hydrogen-bond donors (Lipinski definition) is 0. The zero-order valence-electron chi connectivity index (χ0n) is 19.8. The molecule has 6 rings (SSSR count). The van der Waals surface area contributed by atoms with Gasteiger partial charge in [-0.05, 0) is 72.5 Å². The summed E-state index contributed by atoms with van der Waals surface area (Å²) in [6, 6.07) is 0. The highest BCUT2D eigenvalue weighted by molar-refractivity contribution is 8.49. The minimum Gasteiger partial charge on any atom is -0.121 e. The minimum absolute atomic E-state index is 1.20. The monoisotopic (exact) mass is 746 g/mol. The Bertz CT molecular complexity index is 1140. The molecule has 6 aliphatic rings. The fourth-order valence-electron chi connectivity index (χ4n) is 3.65. The smallest absolute Gasteiger partial charge is 0.0718 e. The van der Waals surface area contributed by atoms with Gasteiger partial charge in [0.25, 0.3) is 0 Å². The van der Waals surface area contributed by atoms with E-state index in [1.54, 1.807) is 18.3 Å². The van der Waals surface area contributed by atoms with Crippen molar-refractivity contribution in [2.24, 2.45) is 0 Å². The van der Waals surface area contributed by atoms with Gasteiger partial charge in [-0.15, -0.1) is 47.0 Å². The van der Waals surface area contributed by atoms with E-state index in [2.05, 4.69) is 70.4 Å².